The zero-order valence-corrected chi connectivity index (χ0v) is 7.97. The Balaban J connectivity index is 2.69. The monoisotopic (exact) mass is 200 g/mol. The number of ether oxygens (including phenoxy) is 1. The van der Waals surface area contributed by atoms with Gasteiger partial charge in [0.25, 0.3) is 0 Å². The van der Waals surface area contributed by atoms with E-state index in [2.05, 4.69) is 4.72 Å². The lowest BCUT2D eigenvalue weighted by Gasteiger charge is -2.10. The van der Waals surface area contributed by atoms with E-state index >= 15 is 0 Å². The van der Waals surface area contributed by atoms with Crippen LogP contribution in [0.1, 0.15) is 5.56 Å². The van der Waals surface area contributed by atoms with Gasteiger partial charge in [-0.3, -0.25) is 4.21 Å². The summed E-state index contributed by atoms with van der Waals surface area (Å²) in [6, 6.07) is 7.24. The van der Waals surface area contributed by atoms with Gasteiger partial charge in [0.05, 0.1) is 7.11 Å². The van der Waals surface area contributed by atoms with Gasteiger partial charge in [-0.15, -0.1) is 0 Å². The maximum Gasteiger partial charge on any atom is 0.123 e. The Morgan fingerprint density at radius 3 is 2.85 bits per heavy atom. The highest BCUT2D eigenvalue weighted by molar-refractivity contribution is 7.77. The standard InChI is InChI=1S/C8H11NO3S/c1-12-8-5-3-2-4-7(8)6-9-13(10)11/h2-5,9H,6H2,1H3,(H,10,11)/p-1. The average Bonchev–Trinajstić information content (AvgIpc) is 2.15. The fourth-order valence-corrected chi connectivity index (χ4v) is 1.26. The number of methoxy groups -OCH3 is 1. The van der Waals surface area contributed by atoms with Crippen LogP contribution < -0.4 is 9.46 Å². The maximum atomic E-state index is 10.2. The van der Waals surface area contributed by atoms with E-state index in [1.807, 2.05) is 12.1 Å². The fraction of sp³-hybridized carbons (Fsp3) is 0.250. The van der Waals surface area contributed by atoms with Crippen LogP contribution in [0.5, 0.6) is 5.75 Å². The van der Waals surface area contributed by atoms with Gasteiger partial charge >= 0.3 is 0 Å². The first-order chi connectivity index (χ1) is 6.24. The van der Waals surface area contributed by atoms with Gasteiger partial charge in [-0.25, -0.2) is 4.72 Å². The maximum absolute atomic E-state index is 10.2. The minimum absolute atomic E-state index is 0.250. The molecule has 0 saturated heterocycles. The minimum atomic E-state index is -2.23. The Hall–Kier alpha value is -0.910. The van der Waals surface area contributed by atoms with E-state index < -0.39 is 11.3 Å². The van der Waals surface area contributed by atoms with Crippen molar-refractivity contribution < 1.29 is 13.5 Å². The molecule has 4 nitrogen and oxygen atoms in total. The summed E-state index contributed by atoms with van der Waals surface area (Å²) in [6.07, 6.45) is 0. The summed E-state index contributed by atoms with van der Waals surface area (Å²) in [5, 5.41) is 0. The molecule has 0 heterocycles. The largest absolute Gasteiger partial charge is 0.760 e. The first-order valence-electron chi connectivity index (χ1n) is 3.68. The summed E-state index contributed by atoms with van der Waals surface area (Å²) < 4.78 is 27.8. The summed E-state index contributed by atoms with van der Waals surface area (Å²) >= 11 is -2.23. The van der Waals surface area contributed by atoms with Crippen molar-refractivity contribution in [1.29, 1.82) is 0 Å². The van der Waals surface area contributed by atoms with E-state index in [9.17, 15) is 8.76 Å². The van der Waals surface area contributed by atoms with Gasteiger partial charge in [0.15, 0.2) is 0 Å². The lowest BCUT2D eigenvalue weighted by molar-refractivity contribution is 0.409. The van der Waals surface area contributed by atoms with Crippen LogP contribution in [0.25, 0.3) is 0 Å². The van der Waals surface area contributed by atoms with Crippen molar-refractivity contribution in [3.63, 3.8) is 0 Å². The lowest BCUT2D eigenvalue weighted by atomic mass is 10.2. The molecule has 0 amide bonds. The summed E-state index contributed by atoms with van der Waals surface area (Å²) in [7, 11) is 1.55. The molecule has 0 saturated carbocycles. The Morgan fingerprint density at radius 2 is 2.23 bits per heavy atom. The van der Waals surface area contributed by atoms with E-state index in [1.54, 1.807) is 19.2 Å². The topological polar surface area (TPSA) is 61.4 Å². The molecule has 0 bridgehead atoms. The van der Waals surface area contributed by atoms with Crippen LogP contribution in [-0.4, -0.2) is 15.9 Å². The summed E-state index contributed by atoms with van der Waals surface area (Å²) in [5.74, 6) is 0.681. The van der Waals surface area contributed by atoms with Crippen molar-refractivity contribution in [1.82, 2.24) is 4.72 Å². The van der Waals surface area contributed by atoms with Crippen molar-refractivity contribution in [2.75, 3.05) is 7.11 Å². The number of rotatable bonds is 4. The highest BCUT2D eigenvalue weighted by atomic mass is 32.2. The van der Waals surface area contributed by atoms with Gasteiger partial charge in [-0.1, -0.05) is 18.2 Å². The second-order valence-corrected chi connectivity index (χ2v) is 3.13. The van der Waals surface area contributed by atoms with E-state index in [0.29, 0.717) is 5.75 Å². The van der Waals surface area contributed by atoms with Gasteiger partial charge in [0.1, 0.15) is 5.75 Å². The molecule has 1 unspecified atom stereocenters. The van der Waals surface area contributed by atoms with Crippen LogP contribution in [0.15, 0.2) is 24.3 Å². The lowest BCUT2D eigenvalue weighted by Crippen LogP contribution is -2.16. The van der Waals surface area contributed by atoms with Gasteiger partial charge < -0.3 is 9.29 Å². The highest BCUT2D eigenvalue weighted by Gasteiger charge is 1.99. The van der Waals surface area contributed by atoms with Crippen LogP contribution in [0.2, 0.25) is 0 Å². The molecule has 0 spiro atoms. The van der Waals surface area contributed by atoms with Crippen molar-refractivity contribution >= 4 is 11.3 Å². The number of hydrogen-bond donors (Lipinski definition) is 1. The van der Waals surface area contributed by atoms with Crippen molar-refractivity contribution in [2.24, 2.45) is 0 Å². The van der Waals surface area contributed by atoms with Crippen molar-refractivity contribution in [3.05, 3.63) is 29.8 Å². The molecule has 5 heteroatoms. The predicted molar refractivity (Wildman–Crippen MR) is 48.8 cm³/mol. The average molecular weight is 200 g/mol. The summed E-state index contributed by atoms with van der Waals surface area (Å²) in [4.78, 5) is 0. The molecular formula is C8H10NO3S-. The first kappa shape index (κ1) is 10.2. The molecule has 1 N–H and O–H groups in total. The molecule has 72 valence electrons. The quantitative estimate of drug-likeness (QED) is 0.723. The third-order valence-corrected chi connectivity index (χ3v) is 1.95. The fourth-order valence-electron chi connectivity index (χ4n) is 0.986. The van der Waals surface area contributed by atoms with Gasteiger partial charge in [-0.2, -0.15) is 0 Å². The molecule has 0 aliphatic carbocycles. The normalized spacial score (nSPS) is 12.5. The van der Waals surface area contributed by atoms with Crippen LogP contribution in [-0.2, 0) is 17.8 Å². The van der Waals surface area contributed by atoms with E-state index in [-0.39, 0.29) is 6.54 Å². The second-order valence-electron chi connectivity index (χ2n) is 2.37. The molecular weight excluding hydrogens is 190 g/mol. The smallest absolute Gasteiger partial charge is 0.123 e. The molecule has 0 aliphatic heterocycles. The second kappa shape index (κ2) is 4.96. The van der Waals surface area contributed by atoms with Crippen LogP contribution in [0.4, 0.5) is 0 Å². The molecule has 0 radical (unpaired) electrons. The number of hydrogen-bond acceptors (Lipinski definition) is 3. The number of nitrogens with one attached hydrogen (secondary N) is 1. The van der Waals surface area contributed by atoms with Gasteiger partial charge in [0.2, 0.25) is 0 Å². The third-order valence-electron chi connectivity index (χ3n) is 1.57. The van der Waals surface area contributed by atoms with E-state index in [0.717, 1.165) is 5.56 Å². The molecule has 0 aromatic heterocycles. The SMILES string of the molecule is COc1ccccc1CNS(=O)[O-]. The Bertz CT molecular complexity index is 303. The highest BCUT2D eigenvalue weighted by Crippen LogP contribution is 2.16. The zero-order valence-electron chi connectivity index (χ0n) is 7.15. The van der Waals surface area contributed by atoms with Crippen LogP contribution in [0, 0.1) is 0 Å². The number of benzene rings is 1. The molecule has 0 aliphatic rings. The van der Waals surface area contributed by atoms with Gasteiger partial charge in [0, 0.05) is 23.4 Å². The third kappa shape index (κ3) is 3.14. The minimum Gasteiger partial charge on any atom is -0.760 e. The number of para-hydroxylation sites is 1. The van der Waals surface area contributed by atoms with Crippen LogP contribution in [0.3, 0.4) is 0 Å². The molecule has 1 atom stereocenters. The van der Waals surface area contributed by atoms with E-state index in [1.165, 1.54) is 0 Å². The van der Waals surface area contributed by atoms with Gasteiger partial charge in [-0.05, 0) is 6.07 Å². The van der Waals surface area contributed by atoms with Crippen molar-refractivity contribution in [3.8, 4) is 5.75 Å². The zero-order chi connectivity index (χ0) is 9.68. The van der Waals surface area contributed by atoms with Crippen molar-refractivity contribution in [2.45, 2.75) is 6.54 Å². The van der Waals surface area contributed by atoms with E-state index in [4.69, 9.17) is 4.74 Å². The Morgan fingerprint density at radius 1 is 1.54 bits per heavy atom. The molecule has 1 aromatic carbocycles. The Kier molecular flexibility index (Phi) is 3.88. The van der Waals surface area contributed by atoms with Crippen LogP contribution >= 0.6 is 0 Å². The Labute approximate surface area is 79.3 Å². The predicted octanol–water partition coefficient (Wildman–Crippen LogP) is 0.579. The molecule has 1 rings (SSSR count). The first-order valence-corrected chi connectivity index (χ1v) is 4.76. The summed E-state index contributed by atoms with van der Waals surface area (Å²) in [6.45, 7) is 0.250. The molecule has 0 fully saturated rings. The molecule has 1 aromatic rings. The summed E-state index contributed by atoms with van der Waals surface area (Å²) in [5.41, 5.74) is 0.814. The molecule has 13 heavy (non-hydrogen) atoms.